The maximum Gasteiger partial charge on any atom is 0.191 e. The van der Waals surface area contributed by atoms with Gasteiger partial charge in [-0.05, 0) is 32.1 Å². The minimum absolute atomic E-state index is 0. The number of guanidine groups is 1. The summed E-state index contributed by atoms with van der Waals surface area (Å²) < 4.78 is 11.0. The Morgan fingerprint density at radius 1 is 0.957 bits per heavy atom. The van der Waals surface area contributed by atoms with Gasteiger partial charge in [0.1, 0.15) is 0 Å². The van der Waals surface area contributed by atoms with Crippen LogP contribution in [0, 0.1) is 0 Å². The first-order valence-corrected chi connectivity index (χ1v) is 8.92. The third-order valence-electron chi connectivity index (χ3n) is 4.09. The summed E-state index contributed by atoms with van der Waals surface area (Å²) in [7, 11) is 3.56. The number of halogens is 1. The van der Waals surface area contributed by atoms with Gasteiger partial charge in [-0.1, -0.05) is 25.7 Å². The molecule has 0 amide bonds. The van der Waals surface area contributed by atoms with Gasteiger partial charge in [0.05, 0.1) is 12.7 Å². The van der Waals surface area contributed by atoms with Crippen LogP contribution in [0.3, 0.4) is 0 Å². The summed E-state index contributed by atoms with van der Waals surface area (Å²) in [6.07, 6.45) is 11.8. The zero-order valence-electron chi connectivity index (χ0n) is 14.9. The molecule has 0 radical (unpaired) electrons. The quantitative estimate of drug-likeness (QED) is 0.180. The number of aliphatic imine (C=N–C) groups is 1. The number of hydrogen-bond acceptors (Lipinski definition) is 3. The molecule has 0 atom stereocenters. The van der Waals surface area contributed by atoms with Crippen LogP contribution in [-0.2, 0) is 9.47 Å². The zero-order chi connectivity index (χ0) is 15.9. The average molecular weight is 441 g/mol. The van der Waals surface area contributed by atoms with Gasteiger partial charge in [-0.2, -0.15) is 0 Å². The topological polar surface area (TPSA) is 54.9 Å². The van der Waals surface area contributed by atoms with Gasteiger partial charge in [0.2, 0.25) is 0 Å². The highest BCUT2D eigenvalue weighted by Gasteiger charge is 2.11. The molecule has 0 bridgehead atoms. The fourth-order valence-electron chi connectivity index (χ4n) is 2.78. The molecule has 0 aromatic rings. The van der Waals surface area contributed by atoms with Crippen LogP contribution >= 0.6 is 24.0 Å². The SMILES string of the molecule is CN=C(NCCCCCOC)NCCOC1CCCCCC1.I. The molecular weight excluding hydrogens is 405 g/mol. The number of nitrogens with zero attached hydrogens (tertiary/aromatic N) is 1. The first-order chi connectivity index (χ1) is 10.9. The Morgan fingerprint density at radius 2 is 1.65 bits per heavy atom. The lowest BCUT2D eigenvalue weighted by Gasteiger charge is -2.16. The zero-order valence-corrected chi connectivity index (χ0v) is 17.3. The molecule has 0 aliphatic heterocycles. The van der Waals surface area contributed by atoms with E-state index in [0.29, 0.717) is 6.10 Å². The Labute approximate surface area is 159 Å². The van der Waals surface area contributed by atoms with E-state index in [0.717, 1.165) is 45.1 Å². The van der Waals surface area contributed by atoms with Crippen LogP contribution < -0.4 is 10.6 Å². The van der Waals surface area contributed by atoms with E-state index < -0.39 is 0 Å². The van der Waals surface area contributed by atoms with Gasteiger partial charge in [-0.25, -0.2) is 0 Å². The molecule has 2 N–H and O–H groups in total. The van der Waals surface area contributed by atoms with E-state index in [1.165, 1.54) is 44.9 Å². The molecule has 0 heterocycles. The Kier molecular flexibility index (Phi) is 16.7. The van der Waals surface area contributed by atoms with E-state index in [-0.39, 0.29) is 24.0 Å². The standard InChI is InChI=1S/C17H35N3O2.HI/c1-18-17(19-12-8-5-9-14-21-2)20-13-15-22-16-10-6-3-4-7-11-16;/h16H,3-15H2,1-2H3,(H2,18,19,20);1H. The molecule has 1 fully saturated rings. The van der Waals surface area contributed by atoms with E-state index in [2.05, 4.69) is 15.6 Å². The van der Waals surface area contributed by atoms with Crippen LogP contribution in [0.1, 0.15) is 57.8 Å². The molecule has 23 heavy (non-hydrogen) atoms. The van der Waals surface area contributed by atoms with Gasteiger partial charge in [0.15, 0.2) is 5.96 Å². The van der Waals surface area contributed by atoms with E-state index in [9.17, 15) is 0 Å². The highest BCUT2D eigenvalue weighted by molar-refractivity contribution is 14.0. The second-order valence-electron chi connectivity index (χ2n) is 5.96. The summed E-state index contributed by atoms with van der Waals surface area (Å²) in [5, 5.41) is 6.65. The molecule has 1 saturated carbocycles. The lowest BCUT2D eigenvalue weighted by molar-refractivity contribution is 0.0468. The number of ether oxygens (including phenoxy) is 2. The van der Waals surface area contributed by atoms with Gasteiger partial charge < -0.3 is 20.1 Å². The summed E-state index contributed by atoms with van der Waals surface area (Å²) in [6, 6.07) is 0. The summed E-state index contributed by atoms with van der Waals surface area (Å²) in [5.74, 6) is 0.871. The van der Waals surface area contributed by atoms with E-state index in [4.69, 9.17) is 9.47 Å². The molecule has 0 aromatic heterocycles. The van der Waals surface area contributed by atoms with Crippen LogP contribution in [0.15, 0.2) is 4.99 Å². The number of hydrogen-bond donors (Lipinski definition) is 2. The smallest absolute Gasteiger partial charge is 0.191 e. The predicted molar refractivity (Wildman–Crippen MR) is 108 cm³/mol. The van der Waals surface area contributed by atoms with Gasteiger partial charge in [0.25, 0.3) is 0 Å². The minimum Gasteiger partial charge on any atom is -0.385 e. The number of unbranched alkanes of at least 4 members (excludes halogenated alkanes) is 2. The lowest BCUT2D eigenvalue weighted by atomic mass is 10.1. The summed E-state index contributed by atoms with van der Waals surface area (Å²) in [5.41, 5.74) is 0. The largest absolute Gasteiger partial charge is 0.385 e. The van der Waals surface area contributed by atoms with E-state index in [1.54, 1.807) is 7.11 Å². The second-order valence-corrected chi connectivity index (χ2v) is 5.96. The van der Waals surface area contributed by atoms with Crippen molar-refractivity contribution in [2.75, 3.05) is 40.5 Å². The number of methoxy groups -OCH3 is 1. The second kappa shape index (κ2) is 16.8. The Morgan fingerprint density at radius 3 is 2.30 bits per heavy atom. The number of nitrogens with one attached hydrogen (secondary N) is 2. The molecular formula is C17H36IN3O2. The third-order valence-corrected chi connectivity index (χ3v) is 4.09. The lowest BCUT2D eigenvalue weighted by Crippen LogP contribution is -2.39. The van der Waals surface area contributed by atoms with Crippen molar-refractivity contribution in [2.24, 2.45) is 4.99 Å². The van der Waals surface area contributed by atoms with Crippen LogP contribution in [0.2, 0.25) is 0 Å². The normalized spacial score (nSPS) is 16.5. The fraction of sp³-hybridized carbons (Fsp3) is 0.941. The van der Waals surface area contributed by atoms with Crippen molar-refractivity contribution in [3.8, 4) is 0 Å². The fourth-order valence-corrected chi connectivity index (χ4v) is 2.78. The average Bonchev–Trinajstić information content (AvgIpc) is 2.81. The van der Waals surface area contributed by atoms with Crippen molar-refractivity contribution in [1.29, 1.82) is 0 Å². The highest BCUT2D eigenvalue weighted by Crippen LogP contribution is 2.19. The first kappa shape index (κ1) is 22.9. The first-order valence-electron chi connectivity index (χ1n) is 8.92. The van der Waals surface area contributed by atoms with Gasteiger partial charge in [-0.3, -0.25) is 4.99 Å². The van der Waals surface area contributed by atoms with Crippen molar-refractivity contribution in [3.05, 3.63) is 0 Å². The van der Waals surface area contributed by atoms with Crippen LogP contribution in [0.4, 0.5) is 0 Å². The monoisotopic (exact) mass is 441 g/mol. The molecule has 0 spiro atoms. The van der Waals surface area contributed by atoms with Crippen molar-refractivity contribution >= 4 is 29.9 Å². The molecule has 5 nitrogen and oxygen atoms in total. The van der Waals surface area contributed by atoms with Gasteiger partial charge in [0, 0.05) is 33.9 Å². The van der Waals surface area contributed by atoms with Crippen LogP contribution in [0.5, 0.6) is 0 Å². The van der Waals surface area contributed by atoms with Crippen molar-refractivity contribution in [1.82, 2.24) is 10.6 Å². The van der Waals surface area contributed by atoms with E-state index in [1.807, 2.05) is 7.05 Å². The Bertz CT molecular complexity index is 283. The molecule has 138 valence electrons. The molecule has 1 aliphatic rings. The molecule has 0 unspecified atom stereocenters. The van der Waals surface area contributed by atoms with Crippen LogP contribution in [0.25, 0.3) is 0 Å². The summed E-state index contributed by atoms with van der Waals surface area (Å²) >= 11 is 0. The van der Waals surface area contributed by atoms with Crippen molar-refractivity contribution in [2.45, 2.75) is 63.9 Å². The van der Waals surface area contributed by atoms with Crippen LogP contribution in [-0.4, -0.2) is 52.5 Å². The Balaban J connectivity index is 0.00000484. The highest BCUT2D eigenvalue weighted by atomic mass is 127. The molecule has 0 saturated heterocycles. The molecule has 0 aromatic carbocycles. The minimum atomic E-state index is 0. The van der Waals surface area contributed by atoms with Gasteiger partial charge >= 0.3 is 0 Å². The maximum absolute atomic E-state index is 5.97. The van der Waals surface area contributed by atoms with Gasteiger partial charge in [-0.15, -0.1) is 24.0 Å². The molecule has 1 aliphatic carbocycles. The summed E-state index contributed by atoms with van der Waals surface area (Å²) in [6.45, 7) is 3.39. The third kappa shape index (κ3) is 12.9. The molecule has 1 rings (SSSR count). The Hall–Kier alpha value is -0.0800. The van der Waals surface area contributed by atoms with Crippen molar-refractivity contribution < 1.29 is 9.47 Å². The number of rotatable bonds is 10. The van der Waals surface area contributed by atoms with E-state index >= 15 is 0 Å². The summed E-state index contributed by atoms with van der Waals surface area (Å²) in [4.78, 5) is 4.24. The maximum atomic E-state index is 5.97. The molecule has 6 heteroatoms. The van der Waals surface area contributed by atoms with Crippen molar-refractivity contribution in [3.63, 3.8) is 0 Å². The predicted octanol–water partition coefficient (Wildman–Crippen LogP) is 3.33.